The van der Waals surface area contributed by atoms with Crippen molar-refractivity contribution >= 4 is 17.4 Å². The second-order valence-electron chi connectivity index (χ2n) is 7.43. The molecule has 0 amide bonds. The fraction of sp³-hybridized carbons (Fsp3) is 0.333. The summed E-state index contributed by atoms with van der Waals surface area (Å²) in [6, 6.07) is 22.6. The zero-order valence-corrected chi connectivity index (χ0v) is 16.9. The lowest BCUT2D eigenvalue weighted by Crippen LogP contribution is -2.26. The zero-order valence-electron chi connectivity index (χ0n) is 16.9. The Kier molecular flexibility index (Phi) is 8.32. The lowest BCUT2D eigenvalue weighted by molar-refractivity contribution is -0.122. The number of benzene rings is 2. The molecule has 4 rings (SSSR count). The Morgan fingerprint density at radius 3 is 2.57 bits per heavy atom. The average Bonchev–Trinajstić information content (AvgIpc) is 3.11. The van der Waals surface area contributed by atoms with Gasteiger partial charge in [-0.15, -0.1) is 0 Å². The van der Waals surface area contributed by atoms with Gasteiger partial charge in [0.25, 0.3) is 6.47 Å². The maximum Gasteiger partial charge on any atom is 0.290 e. The van der Waals surface area contributed by atoms with Crippen LogP contribution in [0.5, 0.6) is 0 Å². The van der Waals surface area contributed by atoms with Gasteiger partial charge in [0.1, 0.15) is 0 Å². The van der Waals surface area contributed by atoms with Gasteiger partial charge in [-0.25, -0.2) is 0 Å². The van der Waals surface area contributed by atoms with E-state index in [1.54, 1.807) is 0 Å². The maximum absolute atomic E-state index is 10.5. The number of rotatable bonds is 7. The van der Waals surface area contributed by atoms with E-state index in [1.807, 2.05) is 36.4 Å². The van der Waals surface area contributed by atoms with Crippen molar-refractivity contribution in [1.29, 1.82) is 0 Å². The Balaban J connectivity index is 0.000000806. The number of carboxylic acid groups (broad SMARTS) is 1. The topological polar surface area (TPSA) is 82.9 Å². The Bertz CT molecular complexity index is 919. The fourth-order valence-corrected chi connectivity index (χ4v) is 3.77. The van der Waals surface area contributed by atoms with Crippen molar-refractivity contribution in [2.45, 2.75) is 19.1 Å². The number of likely N-dealkylation sites (tertiary alicyclic amines) is 1. The number of hydrogen-bond donors (Lipinski definition) is 2. The second-order valence-corrected chi connectivity index (χ2v) is 7.43. The van der Waals surface area contributed by atoms with Gasteiger partial charge in [-0.2, -0.15) is 0 Å². The van der Waals surface area contributed by atoms with Crippen LogP contribution in [0.4, 0.5) is 0 Å². The van der Waals surface area contributed by atoms with Gasteiger partial charge in [-0.1, -0.05) is 54.6 Å². The van der Waals surface area contributed by atoms with Crippen LogP contribution in [-0.4, -0.2) is 58.9 Å². The first-order valence-corrected chi connectivity index (χ1v) is 10.1. The molecule has 2 N–H and O–H groups in total. The Hall–Kier alpha value is -2.80. The number of β-amino-alcohol motifs (C(OH)–C–C–N with tert-alkyl or cyclic N) is 1. The highest BCUT2D eigenvalue weighted by Gasteiger charge is 2.31. The van der Waals surface area contributed by atoms with Crippen LogP contribution in [0.1, 0.15) is 11.3 Å². The Morgan fingerprint density at radius 2 is 1.77 bits per heavy atom. The summed E-state index contributed by atoms with van der Waals surface area (Å²) in [5.41, 5.74) is 3.27. The minimum atomic E-state index is -0.299. The van der Waals surface area contributed by atoms with Crippen LogP contribution >= 0.6 is 0 Å². The molecule has 1 aliphatic rings. The summed E-state index contributed by atoms with van der Waals surface area (Å²) in [4.78, 5) is 15.4. The van der Waals surface area contributed by atoms with Crippen molar-refractivity contribution in [1.82, 2.24) is 9.88 Å². The predicted octanol–water partition coefficient (Wildman–Crippen LogP) is 2.99. The quantitative estimate of drug-likeness (QED) is 0.462. The number of hydrogen-bond acceptors (Lipinski definition) is 5. The van der Waals surface area contributed by atoms with Gasteiger partial charge in [0, 0.05) is 36.6 Å². The van der Waals surface area contributed by atoms with Crippen LogP contribution in [-0.2, 0) is 22.6 Å². The molecule has 1 saturated heterocycles. The average molecular weight is 408 g/mol. The van der Waals surface area contributed by atoms with Crippen molar-refractivity contribution in [3.63, 3.8) is 0 Å². The van der Waals surface area contributed by atoms with Crippen molar-refractivity contribution in [3.05, 3.63) is 78.0 Å². The molecule has 30 heavy (non-hydrogen) atoms. The molecule has 0 spiro atoms. The van der Waals surface area contributed by atoms with E-state index in [9.17, 15) is 5.11 Å². The normalized spacial score (nSPS) is 18.7. The van der Waals surface area contributed by atoms with Gasteiger partial charge in [0.2, 0.25) is 0 Å². The summed E-state index contributed by atoms with van der Waals surface area (Å²) in [7, 11) is 0. The number of para-hydroxylation sites is 1. The van der Waals surface area contributed by atoms with E-state index in [4.69, 9.17) is 19.6 Å². The molecule has 2 aromatic carbocycles. The summed E-state index contributed by atoms with van der Waals surface area (Å²) in [6.45, 7) is 3.53. The molecule has 0 aliphatic carbocycles. The van der Waals surface area contributed by atoms with Gasteiger partial charge in [0.05, 0.1) is 24.8 Å². The molecule has 0 radical (unpaired) electrons. The van der Waals surface area contributed by atoms with Gasteiger partial charge >= 0.3 is 0 Å². The van der Waals surface area contributed by atoms with Gasteiger partial charge in [0.15, 0.2) is 0 Å². The number of aliphatic hydroxyl groups is 1. The maximum atomic E-state index is 10.5. The molecule has 0 unspecified atom stereocenters. The number of aliphatic hydroxyl groups excluding tert-OH is 1. The molecule has 6 heteroatoms. The number of fused-ring (bicyclic) bond motifs is 1. The summed E-state index contributed by atoms with van der Waals surface area (Å²) in [5, 5.41) is 18.5. The Morgan fingerprint density at radius 1 is 1.03 bits per heavy atom. The minimum Gasteiger partial charge on any atom is -0.483 e. The fourth-order valence-electron chi connectivity index (χ4n) is 3.77. The van der Waals surface area contributed by atoms with E-state index in [-0.39, 0.29) is 18.5 Å². The number of nitrogens with zero attached hydrogens (tertiary/aromatic N) is 2. The predicted molar refractivity (Wildman–Crippen MR) is 116 cm³/mol. The molecule has 1 aliphatic heterocycles. The van der Waals surface area contributed by atoms with Crippen LogP contribution in [0.2, 0.25) is 0 Å². The van der Waals surface area contributed by atoms with Crippen molar-refractivity contribution in [3.8, 4) is 0 Å². The van der Waals surface area contributed by atoms with Crippen LogP contribution in [0.25, 0.3) is 10.9 Å². The van der Waals surface area contributed by atoms with Crippen molar-refractivity contribution in [2.24, 2.45) is 5.92 Å². The molecule has 2 heterocycles. The Labute approximate surface area is 176 Å². The number of ether oxygens (including phenoxy) is 1. The van der Waals surface area contributed by atoms with Crippen LogP contribution in [0.3, 0.4) is 0 Å². The minimum absolute atomic E-state index is 0.229. The second kappa shape index (κ2) is 11.4. The first-order valence-electron chi connectivity index (χ1n) is 10.1. The third kappa shape index (κ3) is 6.35. The molecule has 6 nitrogen and oxygen atoms in total. The molecule has 3 aromatic rings. The van der Waals surface area contributed by atoms with Crippen LogP contribution in [0, 0.1) is 5.92 Å². The number of aromatic nitrogens is 1. The molecular weight excluding hydrogens is 380 g/mol. The van der Waals surface area contributed by atoms with E-state index in [0.29, 0.717) is 19.8 Å². The standard InChI is InChI=1S/C23H26N2O2.CH2O2/c26-23-16-25(12-13-27-17-18-6-2-1-3-7-18)15-20(23)14-21-11-10-19-8-4-5-9-22(19)24-21;2-1-3/h1-11,20,23,26H,12-17H2;1H,(H,2,3)/t20-,23-;/m1./s1. The van der Waals surface area contributed by atoms with Gasteiger partial charge in [-0.05, 0) is 24.1 Å². The third-order valence-electron chi connectivity index (χ3n) is 5.27. The first kappa shape index (κ1) is 21.9. The molecule has 0 saturated carbocycles. The molecule has 0 bridgehead atoms. The highest BCUT2D eigenvalue weighted by atomic mass is 16.5. The summed E-state index contributed by atoms with van der Waals surface area (Å²) < 4.78 is 5.78. The molecule has 158 valence electrons. The molecular formula is C24H28N2O4. The van der Waals surface area contributed by atoms with Crippen LogP contribution < -0.4 is 0 Å². The number of pyridine rings is 1. The monoisotopic (exact) mass is 408 g/mol. The van der Waals surface area contributed by atoms with E-state index in [1.165, 1.54) is 5.56 Å². The smallest absolute Gasteiger partial charge is 0.290 e. The number of carbonyl (C=O) groups is 1. The third-order valence-corrected chi connectivity index (χ3v) is 5.27. The molecule has 1 aromatic heterocycles. The van der Waals surface area contributed by atoms with Crippen molar-refractivity contribution in [2.75, 3.05) is 26.2 Å². The SMILES string of the molecule is O=CO.O[C@@H]1CN(CCOCc2ccccc2)C[C@H]1Cc1ccc2ccccc2n1. The molecule has 2 atom stereocenters. The van der Waals surface area contributed by atoms with Crippen LogP contribution in [0.15, 0.2) is 66.7 Å². The summed E-state index contributed by atoms with van der Waals surface area (Å²) in [5.74, 6) is 0.229. The summed E-state index contributed by atoms with van der Waals surface area (Å²) in [6.07, 6.45) is 0.514. The highest BCUT2D eigenvalue weighted by Crippen LogP contribution is 2.22. The zero-order chi connectivity index (χ0) is 21.2. The first-order chi connectivity index (χ1) is 14.7. The molecule has 1 fully saturated rings. The lowest BCUT2D eigenvalue weighted by Gasteiger charge is -2.15. The highest BCUT2D eigenvalue weighted by molar-refractivity contribution is 5.78. The van der Waals surface area contributed by atoms with E-state index >= 15 is 0 Å². The van der Waals surface area contributed by atoms with E-state index < -0.39 is 0 Å². The van der Waals surface area contributed by atoms with Crippen molar-refractivity contribution < 1.29 is 19.7 Å². The van der Waals surface area contributed by atoms with E-state index in [0.717, 1.165) is 36.1 Å². The largest absolute Gasteiger partial charge is 0.483 e. The van der Waals surface area contributed by atoms with E-state index in [2.05, 4.69) is 35.2 Å². The summed E-state index contributed by atoms with van der Waals surface area (Å²) >= 11 is 0. The van der Waals surface area contributed by atoms with Gasteiger partial charge in [-0.3, -0.25) is 14.7 Å². The van der Waals surface area contributed by atoms with Gasteiger partial charge < -0.3 is 14.9 Å². The lowest BCUT2D eigenvalue weighted by atomic mass is 9.99.